The third-order valence-corrected chi connectivity index (χ3v) is 4.55. The molecule has 0 spiro atoms. The highest BCUT2D eigenvalue weighted by Gasteiger charge is 2.11. The monoisotopic (exact) mass is 303 g/mol. The summed E-state index contributed by atoms with van der Waals surface area (Å²) in [5.41, 5.74) is 0. The lowest BCUT2D eigenvalue weighted by atomic mass is 10.2. The Morgan fingerprint density at radius 3 is 2.00 bits per heavy atom. The third-order valence-electron chi connectivity index (χ3n) is 3.54. The first-order valence-corrected chi connectivity index (χ1v) is 9.85. The molecule has 122 valence electrons. The molecule has 20 heavy (non-hydrogen) atoms. The molecule has 0 fully saturated rings. The molecule has 0 radical (unpaired) electrons. The maximum absolute atomic E-state index is 6.21. The first kappa shape index (κ1) is 20.3. The maximum atomic E-state index is 6.21. The maximum Gasteiger partial charge on any atom is 0.0994 e. The largest absolute Gasteiger partial charge is 0.362 e. The molecule has 0 aliphatic heterocycles. The van der Waals surface area contributed by atoms with E-state index < -0.39 is 0 Å². The van der Waals surface area contributed by atoms with Crippen molar-refractivity contribution in [2.24, 2.45) is 0 Å². The van der Waals surface area contributed by atoms with Crippen molar-refractivity contribution in [3.63, 3.8) is 0 Å². The summed E-state index contributed by atoms with van der Waals surface area (Å²) >= 11 is 2.01. The van der Waals surface area contributed by atoms with Gasteiger partial charge in [0.15, 0.2) is 0 Å². The lowest BCUT2D eigenvalue weighted by Gasteiger charge is -2.25. The lowest BCUT2D eigenvalue weighted by molar-refractivity contribution is -0.0173. The van der Waals surface area contributed by atoms with Gasteiger partial charge in [0.25, 0.3) is 0 Å². The molecule has 0 N–H and O–H groups in total. The molecular weight excluding hydrogens is 266 g/mol. The Kier molecular flexibility index (Phi) is 15.9. The fourth-order valence-electron chi connectivity index (χ4n) is 2.11. The van der Waals surface area contributed by atoms with Crippen molar-refractivity contribution in [1.82, 2.24) is 4.90 Å². The van der Waals surface area contributed by atoms with Gasteiger partial charge >= 0.3 is 0 Å². The molecule has 0 aliphatic rings. The van der Waals surface area contributed by atoms with Gasteiger partial charge in [-0.25, -0.2) is 0 Å². The van der Waals surface area contributed by atoms with Gasteiger partial charge in [-0.15, -0.1) is 0 Å². The fraction of sp³-hybridized carbons (Fsp3) is 1.00. The second-order valence-electron chi connectivity index (χ2n) is 5.54. The fourth-order valence-corrected chi connectivity index (χ4v) is 2.87. The van der Waals surface area contributed by atoms with Gasteiger partial charge in [0.05, 0.1) is 12.8 Å². The van der Waals surface area contributed by atoms with E-state index in [1.807, 2.05) is 11.8 Å². The van der Waals surface area contributed by atoms with Crippen LogP contribution >= 0.6 is 11.8 Å². The van der Waals surface area contributed by atoms with Crippen LogP contribution in [0.2, 0.25) is 0 Å². The van der Waals surface area contributed by atoms with Crippen LogP contribution in [0.25, 0.3) is 0 Å². The molecular formula is C17H37NOS. The SMILES string of the molecule is CCCCC(CSCC)OCN(CCCC)CCCC. The van der Waals surface area contributed by atoms with Crippen LogP contribution in [0.15, 0.2) is 0 Å². The van der Waals surface area contributed by atoms with E-state index in [4.69, 9.17) is 4.74 Å². The Balaban J connectivity index is 4.05. The van der Waals surface area contributed by atoms with Crippen LogP contribution < -0.4 is 0 Å². The second kappa shape index (κ2) is 15.7. The smallest absolute Gasteiger partial charge is 0.0994 e. The third kappa shape index (κ3) is 12.0. The van der Waals surface area contributed by atoms with E-state index in [9.17, 15) is 0 Å². The number of hydrogen-bond acceptors (Lipinski definition) is 3. The Morgan fingerprint density at radius 2 is 1.50 bits per heavy atom. The highest BCUT2D eigenvalue weighted by molar-refractivity contribution is 7.99. The molecule has 0 heterocycles. The normalized spacial score (nSPS) is 13.1. The minimum atomic E-state index is 0.450. The molecule has 3 heteroatoms. The molecule has 0 amide bonds. The molecule has 0 saturated heterocycles. The van der Waals surface area contributed by atoms with Crippen LogP contribution in [0, 0.1) is 0 Å². The van der Waals surface area contributed by atoms with E-state index in [0.717, 1.165) is 12.5 Å². The van der Waals surface area contributed by atoms with Crippen LogP contribution in [0.4, 0.5) is 0 Å². The van der Waals surface area contributed by atoms with Crippen molar-refractivity contribution in [2.45, 2.75) is 78.7 Å². The number of hydrogen-bond donors (Lipinski definition) is 0. The van der Waals surface area contributed by atoms with Crippen molar-refractivity contribution >= 4 is 11.8 Å². The summed E-state index contributed by atoms with van der Waals surface area (Å²) in [6.45, 7) is 12.2. The molecule has 0 saturated carbocycles. The standard InChI is InChI=1S/C17H37NOS/c1-5-9-12-17(15-20-8-4)19-16-18(13-10-6-2)14-11-7-3/h17H,5-16H2,1-4H3. The Labute approximate surface area is 132 Å². The summed E-state index contributed by atoms with van der Waals surface area (Å²) in [6.07, 6.45) is 9.35. The van der Waals surface area contributed by atoms with E-state index in [-0.39, 0.29) is 0 Å². The second-order valence-corrected chi connectivity index (χ2v) is 6.86. The summed E-state index contributed by atoms with van der Waals surface area (Å²) in [7, 11) is 0. The predicted molar refractivity (Wildman–Crippen MR) is 93.7 cm³/mol. The molecule has 1 unspecified atom stereocenters. The van der Waals surface area contributed by atoms with Crippen LogP contribution in [-0.4, -0.2) is 42.3 Å². The Morgan fingerprint density at radius 1 is 0.900 bits per heavy atom. The minimum absolute atomic E-state index is 0.450. The number of thioether (sulfide) groups is 1. The topological polar surface area (TPSA) is 12.5 Å². The summed E-state index contributed by atoms with van der Waals surface area (Å²) in [4.78, 5) is 2.50. The first-order chi connectivity index (χ1) is 9.78. The Hall–Kier alpha value is 0.270. The zero-order valence-electron chi connectivity index (χ0n) is 14.3. The summed E-state index contributed by atoms with van der Waals surface area (Å²) in [6, 6.07) is 0. The predicted octanol–water partition coefficient (Wildman–Crippen LogP) is 5.17. The molecule has 0 aromatic rings. The molecule has 0 aromatic carbocycles. The highest BCUT2D eigenvalue weighted by atomic mass is 32.2. The van der Waals surface area contributed by atoms with Crippen LogP contribution in [0.5, 0.6) is 0 Å². The van der Waals surface area contributed by atoms with Crippen LogP contribution in [0.3, 0.4) is 0 Å². The van der Waals surface area contributed by atoms with Gasteiger partial charge < -0.3 is 4.74 Å². The van der Waals surface area contributed by atoms with Gasteiger partial charge in [-0.1, -0.05) is 53.4 Å². The van der Waals surface area contributed by atoms with Crippen LogP contribution in [0.1, 0.15) is 72.6 Å². The number of unbranched alkanes of at least 4 members (excludes halogenated alkanes) is 3. The highest BCUT2D eigenvalue weighted by Crippen LogP contribution is 2.13. The number of nitrogens with zero attached hydrogens (tertiary/aromatic N) is 1. The van der Waals surface area contributed by atoms with Gasteiger partial charge in [0.1, 0.15) is 0 Å². The van der Waals surface area contributed by atoms with E-state index in [1.54, 1.807) is 0 Å². The summed E-state index contributed by atoms with van der Waals surface area (Å²) in [5.74, 6) is 2.35. The van der Waals surface area contributed by atoms with Crippen molar-refractivity contribution in [2.75, 3.05) is 31.3 Å². The van der Waals surface area contributed by atoms with Gasteiger partial charge in [-0.3, -0.25) is 4.90 Å². The minimum Gasteiger partial charge on any atom is -0.362 e. The zero-order chi connectivity index (χ0) is 15.1. The van der Waals surface area contributed by atoms with Crippen LogP contribution in [-0.2, 0) is 4.74 Å². The number of ether oxygens (including phenoxy) is 1. The van der Waals surface area contributed by atoms with E-state index in [0.29, 0.717) is 6.10 Å². The average molecular weight is 304 g/mol. The van der Waals surface area contributed by atoms with Crippen molar-refractivity contribution in [3.8, 4) is 0 Å². The Bertz CT molecular complexity index is 154. The van der Waals surface area contributed by atoms with Gasteiger partial charge in [-0.2, -0.15) is 11.8 Å². The molecule has 0 aliphatic carbocycles. The molecule has 1 atom stereocenters. The first-order valence-electron chi connectivity index (χ1n) is 8.70. The van der Waals surface area contributed by atoms with Crippen molar-refractivity contribution in [1.29, 1.82) is 0 Å². The van der Waals surface area contributed by atoms with Gasteiger partial charge in [-0.05, 0) is 25.0 Å². The summed E-state index contributed by atoms with van der Waals surface area (Å²) in [5, 5.41) is 0. The number of rotatable bonds is 15. The van der Waals surface area contributed by atoms with E-state index in [2.05, 4.69) is 32.6 Å². The quantitative estimate of drug-likeness (QED) is 0.387. The molecule has 2 nitrogen and oxygen atoms in total. The average Bonchev–Trinajstić information content (AvgIpc) is 2.48. The van der Waals surface area contributed by atoms with Gasteiger partial charge in [0.2, 0.25) is 0 Å². The van der Waals surface area contributed by atoms with Crippen molar-refractivity contribution in [3.05, 3.63) is 0 Å². The zero-order valence-corrected chi connectivity index (χ0v) is 15.1. The molecule has 0 rings (SSSR count). The lowest BCUT2D eigenvalue weighted by Crippen LogP contribution is -2.32. The molecule has 0 bridgehead atoms. The molecule has 0 aromatic heterocycles. The van der Waals surface area contributed by atoms with Crippen molar-refractivity contribution < 1.29 is 4.74 Å². The van der Waals surface area contributed by atoms with E-state index >= 15 is 0 Å². The van der Waals surface area contributed by atoms with Gasteiger partial charge in [0, 0.05) is 18.8 Å². The van der Waals surface area contributed by atoms with E-state index in [1.165, 1.54) is 63.8 Å². The summed E-state index contributed by atoms with van der Waals surface area (Å²) < 4.78 is 6.21.